The topological polar surface area (TPSA) is 31.4 Å². The summed E-state index contributed by atoms with van der Waals surface area (Å²) >= 11 is 1.79. The molecule has 1 saturated heterocycles. The lowest BCUT2D eigenvalue weighted by Gasteiger charge is -2.38. The molecular formula is C16H30N4S. The minimum Gasteiger partial charge on any atom is -0.310 e. The maximum Gasteiger partial charge on any atom is 0.107 e. The molecule has 0 saturated carbocycles. The molecule has 0 radical (unpaired) electrons. The summed E-state index contributed by atoms with van der Waals surface area (Å²) in [5.74, 6) is 0.695. The van der Waals surface area contributed by atoms with E-state index in [4.69, 9.17) is 4.98 Å². The molecule has 1 aliphatic heterocycles. The summed E-state index contributed by atoms with van der Waals surface area (Å²) in [6.45, 7) is 13.2. The number of nitrogens with one attached hydrogen (secondary N) is 1. The summed E-state index contributed by atoms with van der Waals surface area (Å²) in [7, 11) is 2.24. The van der Waals surface area contributed by atoms with E-state index in [0.29, 0.717) is 12.0 Å². The van der Waals surface area contributed by atoms with Crippen LogP contribution >= 0.6 is 11.3 Å². The van der Waals surface area contributed by atoms with E-state index in [1.165, 1.54) is 30.2 Å². The van der Waals surface area contributed by atoms with Crippen molar-refractivity contribution in [1.29, 1.82) is 0 Å². The van der Waals surface area contributed by atoms with Crippen LogP contribution in [-0.4, -0.2) is 54.1 Å². The average molecular weight is 311 g/mol. The van der Waals surface area contributed by atoms with E-state index in [-0.39, 0.29) is 0 Å². The number of nitrogens with zero attached hydrogens (tertiary/aromatic N) is 3. The first-order valence-electron chi connectivity index (χ1n) is 8.15. The maximum absolute atomic E-state index is 4.77. The lowest BCUT2D eigenvalue weighted by molar-refractivity contribution is 0.0876. The molecule has 2 rings (SSSR count). The van der Waals surface area contributed by atoms with Crippen LogP contribution in [0.1, 0.15) is 37.9 Å². The first-order valence-corrected chi connectivity index (χ1v) is 9.03. The fraction of sp³-hybridized carbons (Fsp3) is 0.812. The highest BCUT2D eigenvalue weighted by molar-refractivity contribution is 7.09. The van der Waals surface area contributed by atoms with Crippen molar-refractivity contribution >= 4 is 11.3 Å². The minimum atomic E-state index is 0.695. The van der Waals surface area contributed by atoms with Gasteiger partial charge in [0, 0.05) is 44.1 Å². The average Bonchev–Trinajstić information content (AvgIpc) is 2.88. The lowest BCUT2D eigenvalue weighted by Crippen LogP contribution is -2.50. The standard InChI is InChI=1S/C16H30N4S/c1-5-15-11-20(7-6-19(15)4)10-14-12-21-16(18-14)9-17-8-13(2)3/h12-13,15,17H,5-11H2,1-4H3. The number of rotatable bonds is 7. The fourth-order valence-electron chi connectivity index (χ4n) is 2.79. The van der Waals surface area contributed by atoms with Crippen LogP contribution in [0.5, 0.6) is 0 Å². The van der Waals surface area contributed by atoms with Crippen molar-refractivity contribution in [3.63, 3.8) is 0 Å². The second kappa shape index (κ2) is 8.22. The zero-order valence-electron chi connectivity index (χ0n) is 13.9. The first kappa shape index (κ1) is 16.9. The van der Waals surface area contributed by atoms with Gasteiger partial charge < -0.3 is 10.2 Å². The van der Waals surface area contributed by atoms with Gasteiger partial charge in [0.15, 0.2) is 0 Å². The third kappa shape index (κ3) is 5.33. The van der Waals surface area contributed by atoms with E-state index < -0.39 is 0 Å². The van der Waals surface area contributed by atoms with Gasteiger partial charge in [-0.3, -0.25) is 4.90 Å². The SMILES string of the molecule is CCC1CN(Cc2csc(CNCC(C)C)n2)CCN1C. The normalized spacial score (nSPS) is 21.3. The number of hydrogen-bond acceptors (Lipinski definition) is 5. The van der Waals surface area contributed by atoms with Gasteiger partial charge in [0.2, 0.25) is 0 Å². The van der Waals surface area contributed by atoms with E-state index in [1.807, 2.05) is 0 Å². The Balaban J connectivity index is 1.79. The first-order chi connectivity index (χ1) is 10.1. The zero-order chi connectivity index (χ0) is 15.2. The van der Waals surface area contributed by atoms with Gasteiger partial charge in [0.1, 0.15) is 5.01 Å². The Labute approximate surface area is 133 Å². The number of likely N-dealkylation sites (N-methyl/N-ethyl adjacent to an activating group) is 1. The molecular weight excluding hydrogens is 280 g/mol. The number of thiazole rings is 1. The monoisotopic (exact) mass is 310 g/mol. The predicted octanol–water partition coefficient (Wildman–Crippen LogP) is 2.41. The van der Waals surface area contributed by atoms with Gasteiger partial charge in [-0.25, -0.2) is 4.98 Å². The van der Waals surface area contributed by atoms with Gasteiger partial charge in [-0.2, -0.15) is 0 Å². The Morgan fingerprint density at radius 3 is 2.95 bits per heavy atom. The zero-order valence-corrected chi connectivity index (χ0v) is 14.7. The summed E-state index contributed by atoms with van der Waals surface area (Å²) in [6, 6.07) is 0.699. The Bertz CT molecular complexity index is 418. The molecule has 1 fully saturated rings. The van der Waals surface area contributed by atoms with Crippen molar-refractivity contribution in [2.45, 2.75) is 46.3 Å². The third-order valence-corrected chi connectivity index (χ3v) is 5.04. The second-order valence-corrected chi connectivity index (χ2v) is 7.48. The highest BCUT2D eigenvalue weighted by atomic mass is 32.1. The molecule has 1 aromatic rings. The lowest BCUT2D eigenvalue weighted by atomic mass is 10.1. The molecule has 0 aliphatic carbocycles. The molecule has 2 heterocycles. The van der Waals surface area contributed by atoms with Gasteiger partial charge >= 0.3 is 0 Å². The predicted molar refractivity (Wildman–Crippen MR) is 90.6 cm³/mol. The van der Waals surface area contributed by atoms with Crippen molar-refractivity contribution in [2.24, 2.45) is 5.92 Å². The van der Waals surface area contributed by atoms with Gasteiger partial charge in [0.25, 0.3) is 0 Å². The van der Waals surface area contributed by atoms with Gasteiger partial charge in [-0.05, 0) is 25.9 Å². The van der Waals surface area contributed by atoms with Crippen LogP contribution in [0.4, 0.5) is 0 Å². The van der Waals surface area contributed by atoms with Crippen LogP contribution < -0.4 is 5.32 Å². The fourth-order valence-corrected chi connectivity index (χ4v) is 3.55. The number of piperazine rings is 1. The molecule has 0 bridgehead atoms. The second-order valence-electron chi connectivity index (χ2n) is 6.54. The Morgan fingerprint density at radius 2 is 2.24 bits per heavy atom. The van der Waals surface area contributed by atoms with Crippen LogP contribution in [0.3, 0.4) is 0 Å². The van der Waals surface area contributed by atoms with Crippen molar-refractivity contribution in [1.82, 2.24) is 20.1 Å². The van der Waals surface area contributed by atoms with Gasteiger partial charge in [-0.1, -0.05) is 20.8 Å². The molecule has 1 atom stereocenters. The molecule has 0 spiro atoms. The molecule has 1 unspecified atom stereocenters. The van der Waals surface area contributed by atoms with Crippen molar-refractivity contribution in [3.05, 3.63) is 16.1 Å². The summed E-state index contributed by atoms with van der Waals surface area (Å²) in [6.07, 6.45) is 1.23. The number of aromatic nitrogens is 1. The molecule has 1 aromatic heterocycles. The molecule has 21 heavy (non-hydrogen) atoms. The van der Waals surface area contributed by atoms with Crippen LogP contribution in [0, 0.1) is 5.92 Å². The number of hydrogen-bond donors (Lipinski definition) is 1. The van der Waals surface area contributed by atoms with Gasteiger partial charge in [-0.15, -0.1) is 11.3 Å². The molecule has 4 nitrogen and oxygen atoms in total. The summed E-state index contributed by atoms with van der Waals surface area (Å²) in [4.78, 5) is 9.81. The Hall–Kier alpha value is -0.490. The van der Waals surface area contributed by atoms with Gasteiger partial charge in [0.05, 0.1) is 5.69 Å². The molecule has 1 aliphatic rings. The molecule has 120 valence electrons. The minimum absolute atomic E-state index is 0.695. The Kier molecular flexibility index (Phi) is 6.61. The summed E-state index contributed by atoms with van der Waals surface area (Å²) in [5, 5.41) is 6.91. The van der Waals surface area contributed by atoms with E-state index in [2.05, 4.69) is 48.3 Å². The van der Waals surface area contributed by atoms with E-state index >= 15 is 0 Å². The quantitative estimate of drug-likeness (QED) is 0.838. The third-order valence-electron chi connectivity index (χ3n) is 4.15. The molecule has 0 amide bonds. The maximum atomic E-state index is 4.77. The Morgan fingerprint density at radius 1 is 1.43 bits per heavy atom. The largest absolute Gasteiger partial charge is 0.310 e. The highest BCUT2D eigenvalue weighted by Gasteiger charge is 2.23. The molecule has 5 heteroatoms. The van der Waals surface area contributed by atoms with Crippen molar-refractivity contribution in [2.75, 3.05) is 33.2 Å². The molecule has 0 aromatic carbocycles. The van der Waals surface area contributed by atoms with Crippen LogP contribution in [0.15, 0.2) is 5.38 Å². The van der Waals surface area contributed by atoms with Crippen molar-refractivity contribution < 1.29 is 0 Å². The van der Waals surface area contributed by atoms with Crippen molar-refractivity contribution in [3.8, 4) is 0 Å². The highest BCUT2D eigenvalue weighted by Crippen LogP contribution is 2.16. The van der Waals surface area contributed by atoms with E-state index in [1.54, 1.807) is 11.3 Å². The van der Waals surface area contributed by atoms with E-state index in [0.717, 1.165) is 26.2 Å². The van der Waals surface area contributed by atoms with Crippen LogP contribution in [0.25, 0.3) is 0 Å². The molecule has 1 N–H and O–H groups in total. The smallest absolute Gasteiger partial charge is 0.107 e. The van der Waals surface area contributed by atoms with Crippen LogP contribution in [0.2, 0.25) is 0 Å². The van der Waals surface area contributed by atoms with E-state index in [9.17, 15) is 0 Å². The summed E-state index contributed by atoms with van der Waals surface area (Å²) in [5.41, 5.74) is 1.24. The van der Waals surface area contributed by atoms with Crippen LogP contribution in [-0.2, 0) is 13.1 Å². The summed E-state index contributed by atoms with van der Waals surface area (Å²) < 4.78 is 0.